The Bertz CT molecular complexity index is 1390. The standard InChI is InChI=1S/C26H18ClF7N2O2/c1-14(37)15-6-8-16(9-7-15)18-11-10-17(12-20(18)28)22-13-23(24(38,25(29,30)31)26(32,33)34)35-36(22)21-5-3-2-4-19(21)27/h2-12,22,38H,13H2,1H3. The van der Waals surface area contributed by atoms with Crippen molar-refractivity contribution in [3.63, 3.8) is 0 Å². The minimum Gasteiger partial charge on any atom is -0.369 e. The molecule has 38 heavy (non-hydrogen) atoms. The van der Waals surface area contributed by atoms with Gasteiger partial charge in [0.05, 0.1) is 22.5 Å². The number of ketones is 1. The molecule has 0 saturated carbocycles. The van der Waals surface area contributed by atoms with E-state index in [1.54, 1.807) is 0 Å². The number of carbonyl (C=O) groups is 1. The minimum absolute atomic E-state index is 0.00280. The van der Waals surface area contributed by atoms with Crippen LogP contribution in [0.25, 0.3) is 11.1 Å². The molecule has 3 aromatic rings. The van der Waals surface area contributed by atoms with Crippen molar-refractivity contribution in [1.29, 1.82) is 0 Å². The molecule has 0 saturated heterocycles. The number of hydrogen-bond donors (Lipinski definition) is 1. The number of anilines is 1. The minimum atomic E-state index is -6.13. The van der Waals surface area contributed by atoms with Crippen molar-refractivity contribution < 1.29 is 40.6 Å². The lowest BCUT2D eigenvalue weighted by Gasteiger charge is -2.32. The van der Waals surface area contributed by atoms with Gasteiger partial charge in [-0.1, -0.05) is 60.1 Å². The van der Waals surface area contributed by atoms with E-state index in [1.165, 1.54) is 67.6 Å². The molecule has 0 aliphatic carbocycles. The van der Waals surface area contributed by atoms with Gasteiger partial charge in [-0.25, -0.2) is 4.39 Å². The van der Waals surface area contributed by atoms with Gasteiger partial charge in [0.1, 0.15) is 5.82 Å². The van der Waals surface area contributed by atoms with Gasteiger partial charge in [-0.3, -0.25) is 9.80 Å². The summed E-state index contributed by atoms with van der Waals surface area (Å²) in [6.45, 7) is 1.37. The zero-order valence-electron chi connectivity index (χ0n) is 19.4. The molecule has 0 spiro atoms. The summed E-state index contributed by atoms with van der Waals surface area (Å²) in [7, 11) is 0. The Kier molecular flexibility index (Phi) is 7.04. The Morgan fingerprint density at radius 3 is 2.11 bits per heavy atom. The molecule has 1 aliphatic rings. The number of hydrogen-bond acceptors (Lipinski definition) is 4. The number of carbonyl (C=O) groups excluding carboxylic acids is 1. The van der Waals surface area contributed by atoms with E-state index >= 15 is 4.39 Å². The van der Waals surface area contributed by atoms with Crippen LogP contribution in [0.2, 0.25) is 5.02 Å². The van der Waals surface area contributed by atoms with Crippen molar-refractivity contribution in [2.75, 3.05) is 5.01 Å². The van der Waals surface area contributed by atoms with Gasteiger partial charge in [-0.05, 0) is 36.2 Å². The summed E-state index contributed by atoms with van der Waals surface area (Å²) < 4.78 is 96.8. The third kappa shape index (κ3) is 4.76. The van der Waals surface area contributed by atoms with Crippen LogP contribution in [0, 0.1) is 5.82 Å². The molecule has 4 nitrogen and oxygen atoms in total. The summed E-state index contributed by atoms with van der Waals surface area (Å²) in [5.41, 5.74) is -5.98. The smallest absolute Gasteiger partial charge is 0.369 e. The van der Waals surface area contributed by atoms with Crippen molar-refractivity contribution >= 4 is 28.8 Å². The molecule has 1 N–H and O–H groups in total. The van der Waals surface area contributed by atoms with E-state index in [-0.39, 0.29) is 27.6 Å². The molecule has 0 fully saturated rings. The van der Waals surface area contributed by atoms with Crippen LogP contribution in [0.3, 0.4) is 0 Å². The summed E-state index contributed by atoms with van der Waals surface area (Å²) >= 11 is 6.15. The molecule has 0 amide bonds. The quantitative estimate of drug-likeness (QED) is 0.260. The van der Waals surface area contributed by atoms with E-state index in [2.05, 4.69) is 5.10 Å². The van der Waals surface area contributed by atoms with E-state index in [4.69, 9.17) is 11.6 Å². The monoisotopic (exact) mass is 558 g/mol. The molecule has 200 valence electrons. The van der Waals surface area contributed by atoms with Crippen LogP contribution < -0.4 is 5.01 Å². The molecular formula is C26H18ClF7N2O2. The number of nitrogens with zero attached hydrogens (tertiary/aromatic N) is 2. The molecule has 1 atom stereocenters. The fourth-order valence-corrected chi connectivity index (χ4v) is 4.42. The first-order valence-corrected chi connectivity index (χ1v) is 11.4. The third-order valence-electron chi connectivity index (χ3n) is 6.23. The summed E-state index contributed by atoms with van der Waals surface area (Å²) in [5, 5.41) is 14.3. The van der Waals surface area contributed by atoms with Gasteiger partial charge in [-0.15, -0.1) is 0 Å². The van der Waals surface area contributed by atoms with Crippen LogP contribution in [-0.4, -0.2) is 34.6 Å². The van der Waals surface area contributed by atoms with Crippen LogP contribution in [0.1, 0.15) is 35.3 Å². The SMILES string of the molecule is CC(=O)c1ccc(-c2ccc(C3CC(C(O)(C(F)(F)F)C(F)(F)F)=NN3c3ccccc3Cl)cc2F)cc1. The first-order valence-electron chi connectivity index (χ1n) is 11.0. The van der Waals surface area contributed by atoms with Gasteiger partial charge in [-0.2, -0.15) is 31.4 Å². The molecule has 0 radical (unpaired) electrons. The molecule has 1 unspecified atom stereocenters. The Balaban J connectivity index is 1.79. The van der Waals surface area contributed by atoms with Crippen LogP contribution in [0.5, 0.6) is 0 Å². The first-order chi connectivity index (χ1) is 17.6. The molecule has 1 heterocycles. The second-order valence-electron chi connectivity index (χ2n) is 8.64. The van der Waals surface area contributed by atoms with Crippen molar-refractivity contribution in [2.24, 2.45) is 5.10 Å². The highest BCUT2D eigenvalue weighted by Crippen LogP contribution is 2.49. The number of rotatable bonds is 5. The number of aliphatic hydroxyl groups is 1. The maximum absolute atomic E-state index is 15.2. The van der Waals surface area contributed by atoms with Crippen molar-refractivity contribution in [3.05, 3.63) is 88.7 Å². The van der Waals surface area contributed by atoms with Crippen molar-refractivity contribution in [2.45, 2.75) is 37.3 Å². The Labute approximate surface area is 217 Å². The highest BCUT2D eigenvalue weighted by atomic mass is 35.5. The van der Waals surface area contributed by atoms with E-state index in [1.807, 2.05) is 0 Å². The Morgan fingerprint density at radius 2 is 1.58 bits per heavy atom. The summed E-state index contributed by atoms with van der Waals surface area (Å²) in [6.07, 6.45) is -13.3. The summed E-state index contributed by atoms with van der Waals surface area (Å²) in [6, 6.07) is 13.9. The van der Waals surface area contributed by atoms with Gasteiger partial charge < -0.3 is 5.11 Å². The zero-order valence-corrected chi connectivity index (χ0v) is 20.2. The number of Topliss-reactive ketones (excluding diaryl/α,β-unsaturated/α-hetero) is 1. The largest absolute Gasteiger partial charge is 0.431 e. The topological polar surface area (TPSA) is 52.9 Å². The normalized spacial score (nSPS) is 16.5. The third-order valence-corrected chi connectivity index (χ3v) is 6.55. The lowest BCUT2D eigenvalue weighted by molar-refractivity contribution is -0.338. The maximum atomic E-state index is 15.2. The second kappa shape index (κ2) is 9.70. The van der Waals surface area contributed by atoms with Crippen LogP contribution >= 0.6 is 11.6 Å². The number of benzene rings is 3. The van der Waals surface area contributed by atoms with Gasteiger partial charge in [0.25, 0.3) is 5.60 Å². The molecule has 4 rings (SSSR count). The number of para-hydroxylation sites is 1. The van der Waals surface area contributed by atoms with Gasteiger partial charge >= 0.3 is 12.4 Å². The molecule has 0 bridgehead atoms. The van der Waals surface area contributed by atoms with Crippen LogP contribution in [0.15, 0.2) is 71.8 Å². The Hall–Kier alpha value is -3.44. The Morgan fingerprint density at radius 1 is 0.974 bits per heavy atom. The zero-order chi connectivity index (χ0) is 28.0. The average Bonchev–Trinajstić information content (AvgIpc) is 3.28. The lowest BCUT2D eigenvalue weighted by atomic mass is 9.89. The molecule has 3 aromatic carbocycles. The first kappa shape index (κ1) is 27.6. The van der Waals surface area contributed by atoms with Crippen LogP contribution in [-0.2, 0) is 0 Å². The fraction of sp³-hybridized carbons (Fsp3) is 0.231. The van der Waals surface area contributed by atoms with Gasteiger partial charge in [0.2, 0.25) is 0 Å². The van der Waals surface area contributed by atoms with Crippen LogP contribution in [0.4, 0.5) is 36.4 Å². The second-order valence-corrected chi connectivity index (χ2v) is 9.05. The molecule has 12 heteroatoms. The van der Waals surface area contributed by atoms with E-state index in [0.717, 1.165) is 11.1 Å². The fourth-order valence-electron chi connectivity index (χ4n) is 4.19. The van der Waals surface area contributed by atoms with Crippen molar-refractivity contribution in [3.8, 4) is 11.1 Å². The number of halogens is 8. The molecular weight excluding hydrogens is 541 g/mol. The maximum Gasteiger partial charge on any atom is 0.431 e. The lowest BCUT2D eigenvalue weighted by Crippen LogP contribution is -2.62. The van der Waals surface area contributed by atoms with Gasteiger partial charge in [0, 0.05) is 17.5 Å². The summed E-state index contributed by atoms with van der Waals surface area (Å²) in [4.78, 5) is 11.5. The predicted molar refractivity (Wildman–Crippen MR) is 128 cm³/mol. The highest BCUT2D eigenvalue weighted by Gasteiger charge is 2.74. The number of hydrazone groups is 1. The number of alkyl halides is 6. The molecule has 0 aromatic heterocycles. The van der Waals surface area contributed by atoms with Gasteiger partial charge in [0.15, 0.2) is 5.78 Å². The predicted octanol–water partition coefficient (Wildman–Crippen LogP) is 7.51. The summed E-state index contributed by atoms with van der Waals surface area (Å²) in [5.74, 6) is -1.01. The van der Waals surface area contributed by atoms with E-state index in [9.17, 15) is 36.2 Å². The van der Waals surface area contributed by atoms with E-state index in [0.29, 0.717) is 11.1 Å². The average molecular weight is 559 g/mol. The van der Waals surface area contributed by atoms with Crippen molar-refractivity contribution in [1.82, 2.24) is 0 Å². The highest BCUT2D eigenvalue weighted by molar-refractivity contribution is 6.33. The molecule has 1 aliphatic heterocycles. The van der Waals surface area contributed by atoms with E-state index < -0.39 is 41.9 Å².